The Labute approximate surface area is 166 Å². The standard InChI is InChI=1S/C20H18ClN3O2S/c21-15-7-4-8-16(18(15)24-9-11-26-12-10-24)22-19(25)17-13-27-20(23-17)14-5-2-1-3-6-14/h1-8,13H,9-12H2,(H,22,25). The summed E-state index contributed by atoms with van der Waals surface area (Å²) in [6.45, 7) is 2.76. The Bertz CT molecular complexity index is 939. The van der Waals surface area contributed by atoms with Crippen molar-refractivity contribution in [1.82, 2.24) is 4.98 Å². The summed E-state index contributed by atoms with van der Waals surface area (Å²) in [6.07, 6.45) is 0. The van der Waals surface area contributed by atoms with Gasteiger partial charge in [0.05, 0.1) is 29.6 Å². The van der Waals surface area contributed by atoms with Crippen LogP contribution in [0, 0.1) is 0 Å². The van der Waals surface area contributed by atoms with E-state index in [1.54, 1.807) is 5.38 Å². The normalized spacial score (nSPS) is 14.2. The quantitative estimate of drug-likeness (QED) is 0.699. The zero-order chi connectivity index (χ0) is 18.6. The van der Waals surface area contributed by atoms with Gasteiger partial charge in [-0.25, -0.2) is 4.98 Å². The number of carbonyl (C=O) groups is 1. The van der Waals surface area contributed by atoms with E-state index in [4.69, 9.17) is 16.3 Å². The zero-order valence-corrected chi connectivity index (χ0v) is 16.1. The number of carbonyl (C=O) groups excluding carboxylic acids is 1. The number of ether oxygens (including phenoxy) is 1. The molecule has 1 fully saturated rings. The van der Waals surface area contributed by atoms with E-state index in [1.807, 2.05) is 48.5 Å². The molecule has 0 unspecified atom stereocenters. The smallest absolute Gasteiger partial charge is 0.275 e. The van der Waals surface area contributed by atoms with Gasteiger partial charge in [-0.15, -0.1) is 11.3 Å². The minimum Gasteiger partial charge on any atom is -0.378 e. The van der Waals surface area contributed by atoms with E-state index in [2.05, 4.69) is 15.2 Å². The summed E-state index contributed by atoms with van der Waals surface area (Å²) in [4.78, 5) is 19.4. The topological polar surface area (TPSA) is 54.5 Å². The Hall–Kier alpha value is -2.41. The van der Waals surface area contributed by atoms with Crippen LogP contribution in [0.3, 0.4) is 0 Å². The van der Waals surface area contributed by atoms with Crippen molar-refractivity contribution in [2.75, 3.05) is 36.5 Å². The lowest BCUT2D eigenvalue weighted by atomic mass is 10.2. The van der Waals surface area contributed by atoms with Gasteiger partial charge in [-0.3, -0.25) is 4.79 Å². The van der Waals surface area contributed by atoms with E-state index >= 15 is 0 Å². The van der Waals surface area contributed by atoms with Gasteiger partial charge in [0.25, 0.3) is 5.91 Å². The van der Waals surface area contributed by atoms with Crippen molar-refractivity contribution in [2.24, 2.45) is 0 Å². The Kier molecular flexibility index (Phi) is 5.38. The van der Waals surface area contributed by atoms with Gasteiger partial charge in [0.2, 0.25) is 0 Å². The molecule has 0 radical (unpaired) electrons. The number of rotatable bonds is 4. The predicted molar refractivity (Wildman–Crippen MR) is 110 cm³/mol. The van der Waals surface area contributed by atoms with Gasteiger partial charge in [0.15, 0.2) is 0 Å². The summed E-state index contributed by atoms with van der Waals surface area (Å²) in [5.74, 6) is -0.245. The van der Waals surface area contributed by atoms with Crippen molar-refractivity contribution < 1.29 is 9.53 Å². The van der Waals surface area contributed by atoms with Gasteiger partial charge in [-0.05, 0) is 12.1 Å². The van der Waals surface area contributed by atoms with Crippen molar-refractivity contribution in [3.05, 3.63) is 64.6 Å². The molecular weight excluding hydrogens is 382 g/mol. The highest BCUT2D eigenvalue weighted by atomic mass is 35.5. The molecule has 1 saturated heterocycles. The molecule has 0 spiro atoms. The number of hydrogen-bond acceptors (Lipinski definition) is 5. The number of nitrogens with one attached hydrogen (secondary N) is 1. The van der Waals surface area contributed by atoms with Crippen LogP contribution < -0.4 is 10.2 Å². The molecule has 27 heavy (non-hydrogen) atoms. The van der Waals surface area contributed by atoms with Gasteiger partial charge in [0, 0.05) is 24.0 Å². The monoisotopic (exact) mass is 399 g/mol. The second kappa shape index (κ2) is 8.08. The summed E-state index contributed by atoms with van der Waals surface area (Å²) in [5.41, 5.74) is 2.91. The molecule has 5 nitrogen and oxygen atoms in total. The third-order valence-electron chi connectivity index (χ3n) is 4.32. The van der Waals surface area contributed by atoms with Crippen LogP contribution in [-0.4, -0.2) is 37.2 Å². The number of aromatic nitrogens is 1. The summed E-state index contributed by atoms with van der Waals surface area (Å²) in [7, 11) is 0. The van der Waals surface area contributed by atoms with Crippen LogP contribution in [0.4, 0.5) is 11.4 Å². The summed E-state index contributed by atoms with van der Waals surface area (Å²) < 4.78 is 5.42. The third kappa shape index (κ3) is 3.98. The number of thiazole rings is 1. The fourth-order valence-electron chi connectivity index (χ4n) is 3.00. The van der Waals surface area contributed by atoms with Crippen LogP contribution in [0.2, 0.25) is 5.02 Å². The Morgan fingerprint density at radius 2 is 1.89 bits per heavy atom. The maximum atomic E-state index is 12.8. The van der Waals surface area contributed by atoms with E-state index in [0.29, 0.717) is 29.6 Å². The van der Waals surface area contributed by atoms with E-state index in [9.17, 15) is 4.79 Å². The lowest BCUT2D eigenvalue weighted by molar-refractivity contribution is 0.102. The Morgan fingerprint density at radius 1 is 1.11 bits per heavy atom. The molecule has 1 amide bonds. The van der Waals surface area contributed by atoms with E-state index in [-0.39, 0.29) is 5.91 Å². The average molecular weight is 400 g/mol. The molecule has 2 aromatic carbocycles. The molecule has 1 N–H and O–H groups in total. The second-order valence-electron chi connectivity index (χ2n) is 6.09. The molecule has 138 valence electrons. The molecular formula is C20H18ClN3O2S. The van der Waals surface area contributed by atoms with Crippen molar-refractivity contribution in [3.8, 4) is 10.6 Å². The van der Waals surface area contributed by atoms with Crippen LogP contribution in [0.25, 0.3) is 10.6 Å². The number of anilines is 2. The van der Waals surface area contributed by atoms with Crippen LogP contribution >= 0.6 is 22.9 Å². The fraction of sp³-hybridized carbons (Fsp3) is 0.200. The predicted octanol–water partition coefficient (Wildman–Crippen LogP) is 4.55. The minimum absolute atomic E-state index is 0.245. The molecule has 0 atom stereocenters. The number of halogens is 1. The Balaban J connectivity index is 1.57. The highest BCUT2D eigenvalue weighted by molar-refractivity contribution is 7.13. The zero-order valence-electron chi connectivity index (χ0n) is 14.5. The lowest BCUT2D eigenvalue weighted by Gasteiger charge is -2.31. The Morgan fingerprint density at radius 3 is 2.67 bits per heavy atom. The largest absolute Gasteiger partial charge is 0.378 e. The van der Waals surface area contributed by atoms with Crippen LogP contribution in [-0.2, 0) is 4.74 Å². The fourth-order valence-corrected chi connectivity index (χ4v) is 4.10. The van der Waals surface area contributed by atoms with Crippen molar-refractivity contribution in [2.45, 2.75) is 0 Å². The molecule has 0 bridgehead atoms. The van der Waals surface area contributed by atoms with E-state index in [0.717, 1.165) is 29.3 Å². The van der Waals surface area contributed by atoms with Crippen LogP contribution in [0.15, 0.2) is 53.9 Å². The minimum atomic E-state index is -0.245. The van der Waals surface area contributed by atoms with E-state index < -0.39 is 0 Å². The first-order valence-corrected chi connectivity index (χ1v) is 9.91. The van der Waals surface area contributed by atoms with Crippen molar-refractivity contribution in [3.63, 3.8) is 0 Å². The molecule has 1 aromatic heterocycles. The van der Waals surface area contributed by atoms with Crippen LogP contribution in [0.5, 0.6) is 0 Å². The van der Waals surface area contributed by atoms with Gasteiger partial charge in [0.1, 0.15) is 10.7 Å². The number of morpholine rings is 1. The molecule has 2 heterocycles. The molecule has 3 aromatic rings. The number of hydrogen-bond donors (Lipinski definition) is 1. The SMILES string of the molecule is O=C(Nc1cccc(Cl)c1N1CCOCC1)c1csc(-c2ccccc2)n1. The van der Waals surface area contributed by atoms with Crippen molar-refractivity contribution in [1.29, 1.82) is 0 Å². The lowest BCUT2D eigenvalue weighted by Crippen LogP contribution is -2.37. The summed E-state index contributed by atoms with van der Waals surface area (Å²) in [5, 5.41) is 6.17. The molecule has 0 aliphatic carbocycles. The van der Waals surface area contributed by atoms with Gasteiger partial charge >= 0.3 is 0 Å². The first-order chi connectivity index (χ1) is 13.2. The average Bonchev–Trinajstić information content (AvgIpc) is 3.20. The van der Waals surface area contributed by atoms with Gasteiger partial charge in [-0.1, -0.05) is 48.0 Å². The molecule has 0 saturated carbocycles. The molecule has 1 aliphatic heterocycles. The highest BCUT2D eigenvalue weighted by Gasteiger charge is 2.20. The first kappa shape index (κ1) is 18.0. The maximum Gasteiger partial charge on any atom is 0.275 e. The highest BCUT2D eigenvalue weighted by Crippen LogP contribution is 2.35. The number of para-hydroxylation sites is 1. The van der Waals surface area contributed by atoms with Gasteiger partial charge in [-0.2, -0.15) is 0 Å². The number of amides is 1. The summed E-state index contributed by atoms with van der Waals surface area (Å²) in [6, 6.07) is 15.4. The first-order valence-electron chi connectivity index (χ1n) is 8.66. The number of benzene rings is 2. The van der Waals surface area contributed by atoms with E-state index in [1.165, 1.54) is 11.3 Å². The van der Waals surface area contributed by atoms with Crippen molar-refractivity contribution >= 4 is 40.2 Å². The molecule has 1 aliphatic rings. The van der Waals surface area contributed by atoms with Crippen LogP contribution in [0.1, 0.15) is 10.5 Å². The molecule has 7 heteroatoms. The summed E-state index contributed by atoms with van der Waals surface area (Å²) >= 11 is 7.88. The third-order valence-corrected chi connectivity index (χ3v) is 5.52. The second-order valence-corrected chi connectivity index (χ2v) is 7.36. The molecule has 4 rings (SSSR count). The maximum absolute atomic E-state index is 12.8. The van der Waals surface area contributed by atoms with Gasteiger partial charge < -0.3 is 15.0 Å². The number of nitrogens with zero attached hydrogens (tertiary/aromatic N) is 2.